The molecule has 1 N–H and O–H groups in total. The summed E-state index contributed by atoms with van der Waals surface area (Å²) in [5.41, 5.74) is 0.920. The van der Waals surface area contributed by atoms with Gasteiger partial charge in [0, 0.05) is 13.1 Å². The maximum Gasteiger partial charge on any atom is 0.0930 e. The lowest BCUT2D eigenvalue weighted by atomic mass is 9.77. The van der Waals surface area contributed by atoms with Gasteiger partial charge in [0.1, 0.15) is 0 Å². The summed E-state index contributed by atoms with van der Waals surface area (Å²) in [5, 5.41) is 3.46. The van der Waals surface area contributed by atoms with Crippen LogP contribution in [0.4, 0.5) is 0 Å². The topological polar surface area (TPSA) is 24.4 Å². The summed E-state index contributed by atoms with van der Waals surface area (Å²) in [4.78, 5) is 4.18. The van der Waals surface area contributed by atoms with Crippen LogP contribution in [0.3, 0.4) is 0 Å². The monoisotopic (exact) mass is 282 g/mol. The molecule has 0 aromatic carbocycles. The fourth-order valence-corrected chi connectivity index (χ4v) is 3.25. The highest BCUT2D eigenvalue weighted by Crippen LogP contribution is 2.34. The van der Waals surface area contributed by atoms with Crippen LogP contribution in [0.5, 0.6) is 0 Å². The maximum atomic E-state index is 4.18. The second kappa shape index (κ2) is 8.69. The van der Waals surface area contributed by atoms with E-state index in [2.05, 4.69) is 51.9 Å². The van der Waals surface area contributed by atoms with E-state index in [1.165, 1.54) is 38.5 Å². The van der Waals surface area contributed by atoms with E-state index >= 15 is 0 Å². The van der Waals surface area contributed by atoms with Crippen LogP contribution in [0.25, 0.3) is 0 Å². The molecule has 0 aromatic heterocycles. The molecule has 0 saturated heterocycles. The molecule has 1 atom stereocenters. The molecule has 0 aliphatic heterocycles. The van der Waals surface area contributed by atoms with Gasteiger partial charge in [-0.2, -0.15) is 0 Å². The third-order valence-electron chi connectivity index (χ3n) is 4.28. The normalized spacial score (nSPS) is 15.3. The molecule has 0 spiro atoms. The van der Waals surface area contributed by atoms with E-state index in [9.17, 15) is 0 Å². The largest absolute Gasteiger partial charge is 0.372 e. The zero-order valence-corrected chi connectivity index (χ0v) is 15.3. The Labute approximate surface area is 127 Å². The molecule has 0 aromatic rings. The standard InChI is InChI=1S/C18H38N2/c1-9-11-17(4,5)12-10-13-18(6,7)14-15(2)20-16(3)19-8/h15H,9-14H2,1-8H3,(H,19,20). The molecule has 0 heterocycles. The summed E-state index contributed by atoms with van der Waals surface area (Å²) in [7, 11) is 1.84. The lowest BCUT2D eigenvalue weighted by Gasteiger charge is -2.31. The number of nitrogens with zero attached hydrogens (tertiary/aromatic N) is 1. The average Bonchev–Trinajstić information content (AvgIpc) is 2.26. The molecular weight excluding hydrogens is 244 g/mol. The van der Waals surface area contributed by atoms with Crippen molar-refractivity contribution in [3.63, 3.8) is 0 Å². The van der Waals surface area contributed by atoms with Gasteiger partial charge < -0.3 is 5.32 Å². The highest BCUT2D eigenvalue weighted by Gasteiger charge is 2.23. The molecule has 0 fully saturated rings. The number of rotatable bonds is 9. The fourth-order valence-electron chi connectivity index (χ4n) is 3.25. The highest BCUT2D eigenvalue weighted by molar-refractivity contribution is 5.79. The first-order valence-corrected chi connectivity index (χ1v) is 8.32. The van der Waals surface area contributed by atoms with Gasteiger partial charge in [0.15, 0.2) is 0 Å². The first-order chi connectivity index (χ1) is 9.12. The van der Waals surface area contributed by atoms with E-state index in [-0.39, 0.29) is 0 Å². The van der Waals surface area contributed by atoms with E-state index in [1.54, 1.807) is 0 Å². The molecule has 0 rings (SSSR count). The third kappa shape index (κ3) is 9.39. The van der Waals surface area contributed by atoms with Crippen molar-refractivity contribution < 1.29 is 0 Å². The molecule has 20 heavy (non-hydrogen) atoms. The van der Waals surface area contributed by atoms with Crippen molar-refractivity contribution in [2.24, 2.45) is 15.8 Å². The first-order valence-electron chi connectivity index (χ1n) is 8.32. The summed E-state index contributed by atoms with van der Waals surface area (Å²) in [6.45, 7) is 16.2. The van der Waals surface area contributed by atoms with Gasteiger partial charge in [-0.05, 0) is 50.4 Å². The Morgan fingerprint density at radius 1 is 1.05 bits per heavy atom. The van der Waals surface area contributed by atoms with Gasteiger partial charge >= 0.3 is 0 Å². The smallest absolute Gasteiger partial charge is 0.0930 e. The molecule has 2 heteroatoms. The van der Waals surface area contributed by atoms with Gasteiger partial charge in [-0.15, -0.1) is 0 Å². The van der Waals surface area contributed by atoms with Crippen LogP contribution < -0.4 is 5.32 Å². The Hall–Kier alpha value is -0.530. The van der Waals surface area contributed by atoms with Crippen LogP contribution >= 0.6 is 0 Å². The van der Waals surface area contributed by atoms with E-state index in [1.807, 2.05) is 14.0 Å². The number of nitrogens with one attached hydrogen (secondary N) is 1. The van der Waals surface area contributed by atoms with Gasteiger partial charge in [0.2, 0.25) is 0 Å². The fraction of sp³-hybridized carbons (Fsp3) is 0.944. The minimum Gasteiger partial charge on any atom is -0.372 e. The molecular formula is C18H38N2. The minimum absolute atomic E-state index is 0.405. The molecule has 1 unspecified atom stereocenters. The van der Waals surface area contributed by atoms with Gasteiger partial charge in [-0.1, -0.05) is 47.5 Å². The third-order valence-corrected chi connectivity index (χ3v) is 4.28. The van der Waals surface area contributed by atoms with Crippen LogP contribution in [-0.4, -0.2) is 18.9 Å². The van der Waals surface area contributed by atoms with Crippen LogP contribution in [0.15, 0.2) is 4.99 Å². The van der Waals surface area contributed by atoms with Crippen LogP contribution in [0.1, 0.15) is 87.0 Å². The van der Waals surface area contributed by atoms with E-state index in [0.717, 1.165) is 5.84 Å². The van der Waals surface area contributed by atoms with Gasteiger partial charge in [-0.3, -0.25) is 4.99 Å². The van der Waals surface area contributed by atoms with Crippen LogP contribution in [0, 0.1) is 10.8 Å². The van der Waals surface area contributed by atoms with Gasteiger partial charge in [-0.25, -0.2) is 0 Å². The number of aliphatic imine (C=N–C) groups is 1. The molecule has 0 radical (unpaired) electrons. The quantitative estimate of drug-likeness (QED) is 0.443. The van der Waals surface area contributed by atoms with E-state index in [4.69, 9.17) is 0 Å². The number of amidine groups is 1. The van der Waals surface area contributed by atoms with Gasteiger partial charge in [0.25, 0.3) is 0 Å². The molecule has 0 aliphatic carbocycles. The summed E-state index contributed by atoms with van der Waals surface area (Å²) < 4.78 is 0. The van der Waals surface area contributed by atoms with Crippen molar-refractivity contribution in [2.75, 3.05) is 7.05 Å². The summed E-state index contributed by atoms with van der Waals surface area (Å²) in [5.74, 6) is 1.04. The van der Waals surface area contributed by atoms with Crippen molar-refractivity contribution in [1.82, 2.24) is 5.32 Å². The zero-order chi connectivity index (χ0) is 15.8. The molecule has 120 valence electrons. The van der Waals surface area contributed by atoms with Crippen molar-refractivity contribution >= 4 is 5.84 Å². The van der Waals surface area contributed by atoms with Crippen LogP contribution in [-0.2, 0) is 0 Å². The lowest BCUT2D eigenvalue weighted by Crippen LogP contribution is -2.34. The zero-order valence-electron chi connectivity index (χ0n) is 15.3. The summed E-state index contributed by atoms with van der Waals surface area (Å²) in [6.07, 6.45) is 7.85. The molecule has 0 aliphatic rings. The Kier molecular flexibility index (Phi) is 8.46. The Morgan fingerprint density at radius 3 is 2.10 bits per heavy atom. The van der Waals surface area contributed by atoms with E-state index in [0.29, 0.717) is 16.9 Å². The van der Waals surface area contributed by atoms with Crippen molar-refractivity contribution in [3.05, 3.63) is 0 Å². The Bertz CT molecular complexity index is 290. The Morgan fingerprint density at radius 2 is 1.60 bits per heavy atom. The first kappa shape index (κ1) is 19.5. The number of hydrogen-bond acceptors (Lipinski definition) is 1. The second-order valence-corrected chi connectivity index (χ2v) is 7.99. The molecule has 2 nitrogen and oxygen atoms in total. The lowest BCUT2D eigenvalue weighted by molar-refractivity contribution is 0.232. The van der Waals surface area contributed by atoms with Crippen molar-refractivity contribution in [2.45, 2.75) is 93.0 Å². The molecule has 0 amide bonds. The van der Waals surface area contributed by atoms with Crippen molar-refractivity contribution in [1.29, 1.82) is 0 Å². The maximum absolute atomic E-state index is 4.18. The van der Waals surface area contributed by atoms with Crippen molar-refractivity contribution in [3.8, 4) is 0 Å². The number of hydrogen-bond donors (Lipinski definition) is 1. The Balaban J connectivity index is 4.12. The average molecular weight is 283 g/mol. The van der Waals surface area contributed by atoms with E-state index < -0.39 is 0 Å². The van der Waals surface area contributed by atoms with Crippen LogP contribution in [0.2, 0.25) is 0 Å². The highest BCUT2D eigenvalue weighted by atomic mass is 15.0. The molecule has 0 saturated carbocycles. The summed E-state index contributed by atoms with van der Waals surface area (Å²) in [6, 6.07) is 0.498. The SMILES string of the molecule is CCCC(C)(C)CCCC(C)(C)CC(C)NC(C)=NC. The molecule has 0 bridgehead atoms. The predicted molar refractivity (Wildman–Crippen MR) is 92.6 cm³/mol. The van der Waals surface area contributed by atoms with Gasteiger partial charge in [0.05, 0.1) is 5.84 Å². The predicted octanol–water partition coefficient (Wildman–Crippen LogP) is 5.43. The minimum atomic E-state index is 0.405. The summed E-state index contributed by atoms with van der Waals surface area (Å²) >= 11 is 0. The second-order valence-electron chi connectivity index (χ2n) is 7.99.